The van der Waals surface area contributed by atoms with Crippen molar-refractivity contribution < 1.29 is 10.2 Å². The highest BCUT2D eigenvalue weighted by atomic mass is 16.3. The molecule has 1 saturated heterocycles. The van der Waals surface area contributed by atoms with E-state index in [2.05, 4.69) is 0 Å². The van der Waals surface area contributed by atoms with Crippen molar-refractivity contribution in [1.29, 1.82) is 0 Å². The molecule has 66 valence electrons. The summed E-state index contributed by atoms with van der Waals surface area (Å²) in [6.07, 6.45) is -0.00481. The SMILES string of the molecule is CC1(O)CN(CN)CCC1O. The monoisotopic (exact) mass is 160 g/mol. The summed E-state index contributed by atoms with van der Waals surface area (Å²) in [6.45, 7) is 3.32. The number of nitrogens with two attached hydrogens (primary N) is 1. The van der Waals surface area contributed by atoms with Crippen LogP contribution in [0.25, 0.3) is 0 Å². The molecule has 11 heavy (non-hydrogen) atoms. The van der Waals surface area contributed by atoms with Gasteiger partial charge in [-0.25, -0.2) is 0 Å². The Hall–Kier alpha value is -0.160. The number of hydrogen-bond acceptors (Lipinski definition) is 4. The summed E-state index contributed by atoms with van der Waals surface area (Å²) in [4.78, 5) is 1.92. The molecule has 0 spiro atoms. The smallest absolute Gasteiger partial charge is 0.100 e. The lowest BCUT2D eigenvalue weighted by atomic mass is 9.92. The van der Waals surface area contributed by atoms with Crippen LogP contribution in [0.15, 0.2) is 0 Å². The standard InChI is InChI=1S/C7H16N2O2/c1-7(11)4-9(5-8)3-2-6(7)10/h6,10-11H,2-5,8H2,1H3. The molecule has 4 N–H and O–H groups in total. The maximum atomic E-state index is 9.60. The zero-order chi connectivity index (χ0) is 8.48. The molecule has 0 aromatic rings. The molecular formula is C7H16N2O2. The van der Waals surface area contributed by atoms with Gasteiger partial charge in [0.05, 0.1) is 6.10 Å². The van der Waals surface area contributed by atoms with E-state index in [1.54, 1.807) is 6.92 Å². The van der Waals surface area contributed by atoms with Crippen LogP contribution in [0.4, 0.5) is 0 Å². The highest BCUT2D eigenvalue weighted by molar-refractivity contribution is 4.89. The van der Waals surface area contributed by atoms with Crippen LogP contribution >= 0.6 is 0 Å². The van der Waals surface area contributed by atoms with Gasteiger partial charge in [0.2, 0.25) is 0 Å². The zero-order valence-electron chi connectivity index (χ0n) is 6.82. The molecule has 4 heteroatoms. The topological polar surface area (TPSA) is 69.7 Å². The van der Waals surface area contributed by atoms with Crippen LogP contribution in [0.1, 0.15) is 13.3 Å². The van der Waals surface area contributed by atoms with Gasteiger partial charge in [0.25, 0.3) is 0 Å². The van der Waals surface area contributed by atoms with E-state index >= 15 is 0 Å². The van der Waals surface area contributed by atoms with Gasteiger partial charge >= 0.3 is 0 Å². The van der Waals surface area contributed by atoms with Gasteiger partial charge in [-0.2, -0.15) is 0 Å². The molecule has 1 rings (SSSR count). The predicted octanol–water partition coefficient (Wildman–Crippen LogP) is -1.28. The Morgan fingerprint density at radius 3 is 2.82 bits per heavy atom. The Morgan fingerprint density at radius 2 is 2.36 bits per heavy atom. The van der Waals surface area contributed by atoms with Gasteiger partial charge in [-0.15, -0.1) is 0 Å². The largest absolute Gasteiger partial charge is 0.390 e. The van der Waals surface area contributed by atoms with E-state index in [9.17, 15) is 10.2 Å². The Kier molecular flexibility index (Phi) is 2.49. The van der Waals surface area contributed by atoms with E-state index in [-0.39, 0.29) is 0 Å². The number of nitrogens with zero attached hydrogens (tertiary/aromatic N) is 1. The van der Waals surface area contributed by atoms with Gasteiger partial charge < -0.3 is 15.9 Å². The lowest BCUT2D eigenvalue weighted by molar-refractivity contribution is -0.108. The second-order valence-electron chi connectivity index (χ2n) is 3.40. The summed E-state index contributed by atoms with van der Waals surface area (Å²) in [5.74, 6) is 0. The molecule has 0 bridgehead atoms. The summed E-state index contributed by atoms with van der Waals surface area (Å²) in [7, 11) is 0. The highest BCUT2D eigenvalue weighted by Crippen LogP contribution is 2.19. The number of aliphatic hydroxyl groups excluding tert-OH is 1. The van der Waals surface area contributed by atoms with Gasteiger partial charge in [0, 0.05) is 19.8 Å². The molecule has 4 nitrogen and oxygen atoms in total. The van der Waals surface area contributed by atoms with Crippen LogP contribution in [0.3, 0.4) is 0 Å². The summed E-state index contributed by atoms with van der Waals surface area (Å²) in [5, 5.41) is 18.9. The van der Waals surface area contributed by atoms with Crippen molar-refractivity contribution in [3.8, 4) is 0 Å². The molecule has 1 aliphatic rings. The van der Waals surface area contributed by atoms with Crippen LogP contribution in [-0.4, -0.2) is 46.6 Å². The number of aliphatic hydroxyl groups is 2. The first-order valence-corrected chi connectivity index (χ1v) is 3.89. The highest BCUT2D eigenvalue weighted by Gasteiger charge is 2.35. The van der Waals surface area contributed by atoms with E-state index < -0.39 is 11.7 Å². The Bertz CT molecular complexity index is 138. The number of hydrogen-bond donors (Lipinski definition) is 3. The maximum absolute atomic E-state index is 9.60. The molecule has 0 saturated carbocycles. The number of rotatable bonds is 1. The van der Waals surface area contributed by atoms with Gasteiger partial charge in [0.1, 0.15) is 5.60 Å². The fraction of sp³-hybridized carbons (Fsp3) is 1.00. The van der Waals surface area contributed by atoms with Gasteiger partial charge in [0.15, 0.2) is 0 Å². The second-order valence-corrected chi connectivity index (χ2v) is 3.40. The summed E-state index contributed by atoms with van der Waals surface area (Å²) < 4.78 is 0. The average Bonchev–Trinajstić information content (AvgIpc) is 1.95. The first-order chi connectivity index (χ1) is 5.06. The lowest BCUT2D eigenvalue weighted by Crippen LogP contribution is -2.56. The molecule has 2 atom stereocenters. The van der Waals surface area contributed by atoms with E-state index in [0.717, 1.165) is 6.54 Å². The van der Waals surface area contributed by atoms with Crippen molar-refractivity contribution in [3.63, 3.8) is 0 Å². The molecule has 1 fully saturated rings. The van der Waals surface area contributed by atoms with E-state index in [1.165, 1.54) is 0 Å². The third-order valence-electron chi connectivity index (χ3n) is 2.24. The lowest BCUT2D eigenvalue weighted by Gasteiger charge is -2.39. The zero-order valence-corrected chi connectivity index (χ0v) is 6.82. The number of piperidine rings is 1. The Morgan fingerprint density at radius 1 is 1.73 bits per heavy atom. The molecule has 1 heterocycles. The van der Waals surface area contributed by atoms with E-state index in [4.69, 9.17) is 5.73 Å². The third-order valence-corrected chi connectivity index (χ3v) is 2.24. The predicted molar refractivity (Wildman–Crippen MR) is 41.9 cm³/mol. The molecular weight excluding hydrogens is 144 g/mol. The van der Waals surface area contributed by atoms with E-state index in [0.29, 0.717) is 19.6 Å². The average molecular weight is 160 g/mol. The Balaban J connectivity index is 2.52. The molecule has 0 amide bonds. The van der Waals surface area contributed by atoms with Gasteiger partial charge in [-0.1, -0.05) is 0 Å². The molecule has 0 aromatic heterocycles. The van der Waals surface area contributed by atoms with Crippen LogP contribution in [-0.2, 0) is 0 Å². The molecule has 1 aliphatic heterocycles. The van der Waals surface area contributed by atoms with Crippen molar-refractivity contribution in [1.82, 2.24) is 4.90 Å². The van der Waals surface area contributed by atoms with Crippen LogP contribution < -0.4 is 5.73 Å². The molecule has 0 aromatic carbocycles. The van der Waals surface area contributed by atoms with Gasteiger partial charge in [-0.3, -0.25) is 4.90 Å². The quantitative estimate of drug-likeness (QED) is 0.447. The first-order valence-electron chi connectivity index (χ1n) is 3.89. The fourth-order valence-corrected chi connectivity index (χ4v) is 1.41. The van der Waals surface area contributed by atoms with Gasteiger partial charge in [-0.05, 0) is 13.3 Å². The normalized spacial score (nSPS) is 40.9. The molecule has 2 unspecified atom stereocenters. The number of likely N-dealkylation sites (tertiary alicyclic amines) is 1. The van der Waals surface area contributed by atoms with Crippen molar-refractivity contribution in [2.75, 3.05) is 19.8 Å². The summed E-state index contributed by atoms with van der Waals surface area (Å²) in [6, 6.07) is 0. The molecule has 0 aliphatic carbocycles. The van der Waals surface area contributed by atoms with Crippen molar-refractivity contribution in [3.05, 3.63) is 0 Å². The van der Waals surface area contributed by atoms with Crippen LogP contribution in [0, 0.1) is 0 Å². The Labute approximate surface area is 66.6 Å². The fourth-order valence-electron chi connectivity index (χ4n) is 1.41. The second kappa shape index (κ2) is 3.06. The summed E-state index contributed by atoms with van der Waals surface area (Å²) in [5.41, 5.74) is 4.41. The van der Waals surface area contributed by atoms with Crippen LogP contribution in [0.5, 0.6) is 0 Å². The third kappa shape index (κ3) is 1.90. The minimum Gasteiger partial charge on any atom is -0.390 e. The minimum absolute atomic E-state index is 0.447. The van der Waals surface area contributed by atoms with E-state index in [1.807, 2.05) is 4.90 Å². The number of β-amino-alcohol motifs (C(OH)–C–C–N with tert-alkyl or cyclic N) is 1. The molecule has 0 radical (unpaired) electrons. The van der Waals surface area contributed by atoms with Crippen LogP contribution in [0.2, 0.25) is 0 Å². The van der Waals surface area contributed by atoms with Crippen molar-refractivity contribution >= 4 is 0 Å². The van der Waals surface area contributed by atoms with Crippen molar-refractivity contribution in [2.24, 2.45) is 5.73 Å². The minimum atomic E-state index is -0.988. The maximum Gasteiger partial charge on any atom is 0.100 e. The van der Waals surface area contributed by atoms with Crippen molar-refractivity contribution in [2.45, 2.75) is 25.0 Å². The first kappa shape index (κ1) is 8.93. The summed E-state index contributed by atoms with van der Waals surface area (Å²) >= 11 is 0.